The number of nitrogens with zero attached hydrogens (tertiary/aromatic N) is 2. The van der Waals surface area contributed by atoms with E-state index in [1.165, 1.54) is 4.31 Å². The third-order valence-corrected chi connectivity index (χ3v) is 8.91. The molecule has 178 valence electrons. The van der Waals surface area contributed by atoms with Crippen molar-refractivity contribution in [1.29, 1.82) is 0 Å². The fraction of sp³-hybridized carbons (Fsp3) is 0.652. The highest BCUT2D eigenvalue weighted by Gasteiger charge is 2.34. The van der Waals surface area contributed by atoms with Crippen molar-refractivity contribution in [3.8, 4) is 0 Å². The van der Waals surface area contributed by atoms with Crippen molar-refractivity contribution in [2.45, 2.75) is 55.9 Å². The van der Waals surface area contributed by atoms with Gasteiger partial charge in [0.2, 0.25) is 21.8 Å². The number of hydrogen-bond acceptors (Lipinski definition) is 5. The molecule has 2 saturated heterocycles. The third-order valence-electron chi connectivity index (χ3n) is 6.35. The van der Waals surface area contributed by atoms with Gasteiger partial charge in [0.1, 0.15) is 6.04 Å². The number of amides is 2. The zero-order chi connectivity index (χ0) is 23.0. The molecule has 1 N–H and O–H groups in total. The molecule has 0 unspecified atom stereocenters. The molecule has 1 aromatic rings. The van der Waals surface area contributed by atoms with Gasteiger partial charge >= 0.3 is 0 Å². The summed E-state index contributed by atoms with van der Waals surface area (Å²) in [6.07, 6.45) is 7.87. The molecule has 2 aliphatic rings. The van der Waals surface area contributed by atoms with E-state index in [2.05, 4.69) is 5.32 Å². The zero-order valence-electron chi connectivity index (χ0n) is 18.9. The predicted octanol–water partition coefficient (Wildman–Crippen LogP) is 2.73. The van der Waals surface area contributed by atoms with E-state index in [9.17, 15) is 18.0 Å². The topological polar surface area (TPSA) is 86.8 Å². The van der Waals surface area contributed by atoms with Gasteiger partial charge in [-0.05, 0) is 56.2 Å². The Bertz CT molecular complexity index is 847. The van der Waals surface area contributed by atoms with Crippen LogP contribution in [0.5, 0.6) is 0 Å². The zero-order valence-corrected chi connectivity index (χ0v) is 20.5. The summed E-state index contributed by atoms with van der Waals surface area (Å²) in [5, 5.41) is 3.01. The normalized spacial score (nSPS) is 19.8. The number of piperidine rings is 1. The number of thioether (sulfide) groups is 1. The number of nitrogens with one attached hydrogen (secondary N) is 1. The maximum absolute atomic E-state index is 13.1. The first-order valence-electron chi connectivity index (χ1n) is 11.6. The molecule has 0 spiro atoms. The summed E-state index contributed by atoms with van der Waals surface area (Å²) < 4.78 is 27.1. The molecular formula is C23H35N3O4S2. The fourth-order valence-electron chi connectivity index (χ4n) is 4.39. The summed E-state index contributed by atoms with van der Waals surface area (Å²) in [6.45, 7) is 2.15. The molecule has 0 saturated carbocycles. The summed E-state index contributed by atoms with van der Waals surface area (Å²) in [5.74, 6) is 0.429. The summed E-state index contributed by atoms with van der Waals surface area (Å²) in [7, 11) is -3.54. The lowest BCUT2D eigenvalue weighted by molar-refractivity contribution is -0.137. The van der Waals surface area contributed by atoms with Crippen LogP contribution in [0.25, 0.3) is 0 Å². The molecule has 0 aromatic heterocycles. The number of benzene rings is 1. The number of rotatable bonds is 8. The standard InChI is InChI=1S/C23H35N3O4S2/c1-31-18-13-21(23(28)25-14-7-2-3-8-15-25)24-22(27)19-11-16-26(17-12-19)32(29,30)20-9-5-4-6-10-20/h4-6,9-10,19,21H,2-3,7-8,11-18H2,1H3,(H,24,27)/t21-/m0/s1. The van der Waals surface area contributed by atoms with Gasteiger partial charge in [0.25, 0.3) is 0 Å². The number of carbonyl (C=O) groups excluding carboxylic acids is 2. The van der Waals surface area contributed by atoms with E-state index >= 15 is 0 Å². The average molecular weight is 482 g/mol. The Morgan fingerprint density at radius 3 is 2.25 bits per heavy atom. The summed E-state index contributed by atoms with van der Waals surface area (Å²) in [6, 6.07) is 7.90. The lowest BCUT2D eigenvalue weighted by Gasteiger charge is -2.32. The highest BCUT2D eigenvalue weighted by molar-refractivity contribution is 7.98. The van der Waals surface area contributed by atoms with Gasteiger partial charge in [-0.1, -0.05) is 31.0 Å². The average Bonchev–Trinajstić information content (AvgIpc) is 3.11. The van der Waals surface area contributed by atoms with Crippen LogP contribution in [0.2, 0.25) is 0 Å². The number of likely N-dealkylation sites (tertiary alicyclic amines) is 1. The van der Waals surface area contributed by atoms with Crippen LogP contribution in [0.3, 0.4) is 0 Å². The van der Waals surface area contributed by atoms with Crippen LogP contribution in [0.15, 0.2) is 35.2 Å². The Morgan fingerprint density at radius 2 is 1.66 bits per heavy atom. The number of carbonyl (C=O) groups is 2. The number of sulfonamides is 1. The van der Waals surface area contributed by atoms with E-state index in [4.69, 9.17) is 0 Å². The summed E-state index contributed by atoms with van der Waals surface area (Å²) >= 11 is 1.67. The largest absolute Gasteiger partial charge is 0.344 e. The maximum Gasteiger partial charge on any atom is 0.245 e. The van der Waals surface area contributed by atoms with Crippen LogP contribution >= 0.6 is 11.8 Å². The van der Waals surface area contributed by atoms with Gasteiger partial charge in [-0.2, -0.15) is 16.1 Å². The van der Waals surface area contributed by atoms with E-state index in [-0.39, 0.29) is 22.6 Å². The summed E-state index contributed by atoms with van der Waals surface area (Å²) in [5.41, 5.74) is 0. The molecule has 1 aromatic carbocycles. The molecule has 9 heteroatoms. The van der Waals surface area contributed by atoms with Crippen molar-refractivity contribution in [2.24, 2.45) is 5.92 Å². The van der Waals surface area contributed by atoms with Gasteiger partial charge in [0, 0.05) is 32.1 Å². The third kappa shape index (κ3) is 6.48. The molecule has 32 heavy (non-hydrogen) atoms. The van der Waals surface area contributed by atoms with Crippen LogP contribution in [-0.4, -0.2) is 73.7 Å². The molecule has 0 aliphatic carbocycles. The minimum absolute atomic E-state index is 0.0263. The fourth-order valence-corrected chi connectivity index (χ4v) is 6.36. The summed E-state index contributed by atoms with van der Waals surface area (Å²) in [4.78, 5) is 28.3. The van der Waals surface area contributed by atoms with E-state index in [1.807, 2.05) is 11.2 Å². The minimum Gasteiger partial charge on any atom is -0.344 e. The first-order chi connectivity index (χ1) is 15.4. The second-order valence-corrected chi connectivity index (χ2v) is 11.5. The SMILES string of the molecule is CSCC[C@H](NC(=O)C1CCN(S(=O)(=O)c2ccccc2)CC1)C(=O)N1CCCCCC1. The van der Waals surface area contributed by atoms with Gasteiger partial charge in [-0.15, -0.1) is 0 Å². The van der Waals surface area contributed by atoms with Crippen molar-refractivity contribution in [1.82, 2.24) is 14.5 Å². The Morgan fingerprint density at radius 1 is 1.03 bits per heavy atom. The van der Waals surface area contributed by atoms with Gasteiger partial charge in [-0.3, -0.25) is 9.59 Å². The second kappa shape index (κ2) is 12.0. The maximum atomic E-state index is 13.1. The molecule has 3 rings (SSSR count). The molecule has 7 nitrogen and oxygen atoms in total. The minimum atomic E-state index is -3.54. The van der Waals surface area contributed by atoms with Crippen molar-refractivity contribution >= 4 is 33.6 Å². The molecule has 0 radical (unpaired) electrons. The van der Waals surface area contributed by atoms with Crippen molar-refractivity contribution in [3.05, 3.63) is 30.3 Å². The first kappa shape index (κ1) is 25.1. The van der Waals surface area contributed by atoms with E-state index < -0.39 is 16.1 Å². The second-order valence-electron chi connectivity index (χ2n) is 8.57. The number of hydrogen-bond donors (Lipinski definition) is 1. The van der Waals surface area contributed by atoms with Crippen LogP contribution in [0.1, 0.15) is 44.9 Å². The Labute approximate surface area is 196 Å². The van der Waals surface area contributed by atoms with E-state index in [0.717, 1.165) is 44.5 Å². The van der Waals surface area contributed by atoms with Crippen LogP contribution < -0.4 is 5.32 Å². The van der Waals surface area contributed by atoms with Crippen LogP contribution in [-0.2, 0) is 19.6 Å². The Balaban J connectivity index is 1.58. The van der Waals surface area contributed by atoms with Crippen molar-refractivity contribution in [3.63, 3.8) is 0 Å². The lowest BCUT2D eigenvalue weighted by Crippen LogP contribution is -2.51. The molecule has 1 atom stereocenters. The lowest BCUT2D eigenvalue weighted by atomic mass is 9.96. The van der Waals surface area contributed by atoms with Crippen LogP contribution in [0, 0.1) is 5.92 Å². The molecule has 2 aliphatic heterocycles. The quantitative estimate of drug-likeness (QED) is 0.617. The predicted molar refractivity (Wildman–Crippen MR) is 128 cm³/mol. The first-order valence-corrected chi connectivity index (χ1v) is 14.4. The van der Waals surface area contributed by atoms with Crippen molar-refractivity contribution < 1.29 is 18.0 Å². The monoisotopic (exact) mass is 481 g/mol. The van der Waals surface area contributed by atoms with Gasteiger partial charge < -0.3 is 10.2 Å². The van der Waals surface area contributed by atoms with E-state index in [1.54, 1.807) is 42.1 Å². The van der Waals surface area contributed by atoms with Crippen LogP contribution in [0.4, 0.5) is 0 Å². The molecule has 2 amide bonds. The Kier molecular flexibility index (Phi) is 9.43. The van der Waals surface area contributed by atoms with Gasteiger partial charge in [0.05, 0.1) is 4.90 Å². The highest BCUT2D eigenvalue weighted by atomic mass is 32.2. The van der Waals surface area contributed by atoms with Gasteiger partial charge in [-0.25, -0.2) is 8.42 Å². The molecule has 0 bridgehead atoms. The van der Waals surface area contributed by atoms with Crippen molar-refractivity contribution in [2.75, 3.05) is 38.2 Å². The molecular weight excluding hydrogens is 446 g/mol. The smallest absolute Gasteiger partial charge is 0.245 e. The molecule has 2 fully saturated rings. The van der Waals surface area contributed by atoms with E-state index in [0.29, 0.717) is 32.4 Å². The Hall–Kier alpha value is -1.58. The molecule has 2 heterocycles. The van der Waals surface area contributed by atoms with Gasteiger partial charge in [0.15, 0.2) is 0 Å². The highest BCUT2D eigenvalue weighted by Crippen LogP contribution is 2.24.